The zero-order valence-corrected chi connectivity index (χ0v) is 10.7. The van der Waals surface area contributed by atoms with Crippen LogP contribution in [0.25, 0.3) is 0 Å². The summed E-state index contributed by atoms with van der Waals surface area (Å²) in [5.41, 5.74) is 0.498. The molecule has 0 bridgehead atoms. The standard InChI is InChI=1S/C15H21FO/c1-15(2,17)13-10-12(8-9-14(13)16)11-6-4-3-5-7-11/h8-11,17H,3-7H2,1-2H3. The highest BCUT2D eigenvalue weighted by Crippen LogP contribution is 2.35. The predicted molar refractivity (Wildman–Crippen MR) is 67.5 cm³/mol. The molecule has 2 rings (SSSR count). The summed E-state index contributed by atoms with van der Waals surface area (Å²) in [6.45, 7) is 3.27. The Kier molecular flexibility index (Phi) is 3.53. The number of halogens is 1. The van der Waals surface area contributed by atoms with Crippen LogP contribution in [0.1, 0.15) is 63.0 Å². The Morgan fingerprint density at radius 1 is 1.18 bits per heavy atom. The highest BCUT2D eigenvalue weighted by Gasteiger charge is 2.23. The third kappa shape index (κ3) is 2.86. The number of aliphatic hydroxyl groups is 1. The molecule has 0 aliphatic heterocycles. The lowest BCUT2D eigenvalue weighted by Crippen LogP contribution is -2.18. The molecule has 17 heavy (non-hydrogen) atoms. The molecule has 1 saturated carbocycles. The van der Waals surface area contributed by atoms with Crippen molar-refractivity contribution in [3.05, 3.63) is 35.1 Å². The van der Waals surface area contributed by atoms with Gasteiger partial charge in [-0.05, 0) is 50.3 Å². The Balaban J connectivity index is 2.30. The summed E-state index contributed by atoms with van der Waals surface area (Å²) in [5, 5.41) is 9.95. The summed E-state index contributed by atoms with van der Waals surface area (Å²) >= 11 is 0. The molecular formula is C15H21FO. The van der Waals surface area contributed by atoms with Gasteiger partial charge in [-0.2, -0.15) is 0 Å². The van der Waals surface area contributed by atoms with Gasteiger partial charge in [-0.1, -0.05) is 25.3 Å². The average molecular weight is 236 g/mol. The first-order valence-electron chi connectivity index (χ1n) is 6.51. The molecule has 0 heterocycles. The maximum Gasteiger partial charge on any atom is 0.129 e. The van der Waals surface area contributed by atoms with Crippen molar-refractivity contribution in [1.82, 2.24) is 0 Å². The molecule has 1 fully saturated rings. The van der Waals surface area contributed by atoms with Crippen molar-refractivity contribution < 1.29 is 9.50 Å². The summed E-state index contributed by atoms with van der Waals surface area (Å²) in [7, 11) is 0. The van der Waals surface area contributed by atoms with Crippen LogP contribution in [-0.4, -0.2) is 5.11 Å². The van der Waals surface area contributed by atoms with E-state index in [1.54, 1.807) is 13.8 Å². The molecule has 94 valence electrons. The Bertz CT molecular complexity index is 386. The fourth-order valence-corrected chi connectivity index (χ4v) is 2.70. The second-order valence-electron chi connectivity index (χ2n) is 5.63. The van der Waals surface area contributed by atoms with Gasteiger partial charge in [0.2, 0.25) is 0 Å². The van der Waals surface area contributed by atoms with E-state index in [-0.39, 0.29) is 5.82 Å². The van der Waals surface area contributed by atoms with Gasteiger partial charge in [0.05, 0.1) is 5.60 Å². The van der Waals surface area contributed by atoms with E-state index in [4.69, 9.17) is 0 Å². The van der Waals surface area contributed by atoms with Crippen molar-refractivity contribution in [3.8, 4) is 0 Å². The van der Waals surface area contributed by atoms with Gasteiger partial charge in [-0.3, -0.25) is 0 Å². The Hall–Kier alpha value is -0.890. The molecule has 1 N–H and O–H groups in total. The molecule has 1 aliphatic carbocycles. The van der Waals surface area contributed by atoms with Crippen molar-refractivity contribution in [1.29, 1.82) is 0 Å². The number of hydrogen-bond acceptors (Lipinski definition) is 1. The minimum atomic E-state index is -1.10. The van der Waals surface area contributed by atoms with Crippen molar-refractivity contribution in [2.24, 2.45) is 0 Å². The first-order chi connectivity index (χ1) is 7.98. The summed E-state index contributed by atoms with van der Waals surface area (Å²) in [6, 6.07) is 5.23. The van der Waals surface area contributed by atoms with Crippen molar-refractivity contribution >= 4 is 0 Å². The number of hydrogen-bond donors (Lipinski definition) is 1. The molecule has 0 unspecified atom stereocenters. The van der Waals surface area contributed by atoms with Gasteiger partial charge in [-0.25, -0.2) is 4.39 Å². The zero-order valence-electron chi connectivity index (χ0n) is 10.7. The third-order valence-corrected chi connectivity index (χ3v) is 3.73. The lowest BCUT2D eigenvalue weighted by atomic mass is 9.82. The first kappa shape index (κ1) is 12.6. The van der Waals surface area contributed by atoms with Gasteiger partial charge >= 0.3 is 0 Å². The van der Waals surface area contributed by atoms with E-state index < -0.39 is 5.60 Å². The normalized spacial score (nSPS) is 18.4. The summed E-state index contributed by atoms with van der Waals surface area (Å²) in [6.07, 6.45) is 6.23. The molecule has 0 radical (unpaired) electrons. The molecule has 0 atom stereocenters. The molecule has 1 nitrogen and oxygen atoms in total. The van der Waals surface area contributed by atoms with Crippen LogP contribution >= 0.6 is 0 Å². The van der Waals surface area contributed by atoms with E-state index >= 15 is 0 Å². The Labute approximate surface area is 103 Å². The van der Waals surface area contributed by atoms with Crippen molar-refractivity contribution in [2.45, 2.75) is 57.5 Å². The molecule has 2 heteroatoms. The predicted octanol–water partition coefficient (Wildman–Crippen LogP) is 4.10. The summed E-state index contributed by atoms with van der Waals surface area (Å²) in [4.78, 5) is 0. The van der Waals surface area contributed by atoms with Crippen LogP contribution in [0.2, 0.25) is 0 Å². The summed E-state index contributed by atoms with van der Waals surface area (Å²) < 4.78 is 13.7. The van der Waals surface area contributed by atoms with E-state index in [2.05, 4.69) is 0 Å². The third-order valence-electron chi connectivity index (χ3n) is 3.73. The minimum absolute atomic E-state index is 0.308. The van der Waals surface area contributed by atoms with Crippen molar-refractivity contribution in [3.63, 3.8) is 0 Å². The molecule has 1 aromatic rings. The maximum atomic E-state index is 13.7. The molecule has 0 amide bonds. The van der Waals surface area contributed by atoms with Gasteiger partial charge in [-0.15, -0.1) is 0 Å². The second-order valence-corrected chi connectivity index (χ2v) is 5.63. The molecule has 0 aromatic heterocycles. The molecule has 0 saturated heterocycles. The highest BCUT2D eigenvalue weighted by atomic mass is 19.1. The fraction of sp³-hybridized carbons (Fsp3) is 0.600. The van der Waals surface area contributed by atoms with Gasteiger partial charge in [0, 0.05) is 5.56 Å². The van der Waals surface area contributed by atoms with E-state index in [1.165, 1.54) is 43.7 Å². The monoisotopic (exact) mass is 236 g/mol. The maximum absolute atomic E-state index is 13.7. The quantitative estimate of drug-likeness (QED) is 0.819. The van der Waals surface area contributed by atoms with E-state index in [0.29, 0.717) is 11.5 Å². The average Bonchev–Trinajstić information content (AvgIpc) is 2.29. The van der Waals surface area contributed by atoms with Crippen LogP contribution in [0, 0.1) is 5.82 Å². The van der Waals surface area contributed by atoms with Crippen LogP contribution in [0.15, 0.2) is 18.2 Å². The smallest absolute Gasteiger partial charge is 0.129 e. The zero-order chi connectivity index (χ0) is 12.5. The number of rotatable bonds is 2. The SMILES string of the molecule is CC(C)(O)c1cc(C2CCCCC2)ccc1F. The first-order valence-corrected chi connectivity index (χ1v) is 6.51. The fourth-order valence-electron chi connectivity index (χ4n) is 2.70. The molecular weight excluding hydrogens is 215 g/mol. The van der Waals surface area contributed by atoms with Crippen LogP contribution in [-0.2, 0) is 5.60 Å². The van der Waals surface area contributed by atoms with Crippen LogP contribution in [0.3, 0.4) is 0 Å². The van der Waals surface area contributed by atoms with Gasteiger partial charge in [0.15, 0.2) is 0 Å². The largest absolute Gasteiger partial charge is 0.386 e. The minimum Gasteiger partial charge on any atom is -0.386 e. The van der Waals surface area contributed by atoms with Gasteiger partial charge < -0.3 is 5.11 Å². The Morgan fingerprint density at radius 2 is 1.82 bits per heavy atom. The molecule has 0 spiro atoms. The van der Waals surface area contributed by atoms with Gasteiger partial charge in [0.25, 0.3) is 0 Å². The van der Waals surface area contributed by atoms with Crippen LogP contribution in [0.5, 0.6) is 0 Å². The van der Waals surface area contributed by atoms with E-state index in [0.717, 1.165) is 0 Å². The van der Waals surface area contributed by atoms with Crippen LogP contribution < -0.4 is 0 Å². The lowest BCUT2D eigenvalue weighted by molar-refractivity contribution is 0.0744. The van der Waals surface area contributed by atoms with Crippen LogP contribution in [0.4, 0.5) is 4.39 Å². The van der Waals surface area contributed by atoms with Crippen molar-refractivity contribution in [2.75, 3.05) is 0 Å². The summed E-state index contributed by atoms with van der Waals surface area (Å²) in [5.74, 6) is 0.238. The molecule has 1 aliphatic rings. The topological polar surface area (TPSA) is 20.2 Å². The van der Waals surface area contributed by atoms with E-state index in [9.17, 15) is 9.50 Å². The lowest BCUT2D eigenvalue weighted by Gasteiger charge is -2.25. The van der Waals surface area contributed by atoms with E-state index in [1.807, 2.05) is 12.1 Å². The number of benzene rings is 1. The highest BCUT2D eigenvalue weighted by molar-refractivity contribution is 5.31. The Morgan fingerprint density at radius 3 is 2.41 bits per heavy atom. The molecule has 1 aromatic carbocycles. The second kappa shape index (κ2) is 4.77. The van der Waals surface area contributed by atoms with Gasteiger partial charge in [0.1, 0.15) is 5.82 Å².